The second-order valence-electron chi connectivity index (χ2n) is 6.43. The Bertz CT molecular complexity index is 638. The molecule has 0 bridgehead atoms. The van der Waals surface area contributed by atoms with Gasteiger partial charge in [-0.05, 0) is 50.8 Å². The van der Waals surface area contributed by atoms with Crippen LogP contribution in [0.15, 0.2) is 36.4 Å². The van der Waals surface area contributed by atoms with E-state index in [0.717, 1.165) is 48.2 Å². The van der Waals surface area contributed by atoms with Gasteiger partial charge in [-0.25, -0.2) is 0 Å². The van der Waals surface area contributed by atoms with E-state index in [-0.39, 0.29) is 11.7 Å². The highest BCUT2D eigenvalue weighted by atomic mass is 16.1. The molecule has 23 heavy (non-hydrogen) atoms. The minimum absolute atomic E-state index is 0.0410. The Morgan fingerprint density at radius 3 is 2.43 bits per heavy atom. The molecule has 0 fully saturated rings. The first-order chi connectivity index (χ1) is 11.0. The van der Waals surface area contributed by atoms with Crippen LogP contribution < -0.4 is 0 Å². The average Bonchev–Trinajstić information content (AvgIpc) is 2.51. The molecule has 0 N–H and O–H groups in total. The molecule has 1 aromatic heterocycles. The van der Waals surface area contributed by atoms with E-state index in [1.807, 2.05) is 45.0 Å². The fourth-order valence-electron chi connectivity index (χ4n) is 3.28. The Morgan fingerprint density at radius 2 is 1.83 bits per heavy atom. The highest BCUT2D eigenvalue weighted by Crippen LogP contribution is 2.24. The summed E-state index contributed by atoms with van der Waals surface area (Å²) in [5.41, 5.74) is 4.95. The fraction of sp³-hybridized carbons (Fsp3) is 0.429. The van der Waals surface area contributed by atoms with Crippen molar-refractivity contribution in [3.05, 3.63) is 64.5 Å². The lowest BCUT2D eigenvalue weighted by molar-refractivity contribution is 0.0909. The van der Waals surface area contributed by atoms with Crippen molar-refractivity contribution < 1.29 is 4.79 Å². The Hall–Kier alpha value is -1.96. The number of aromatic nitrogens is 1. The Morgan fingerprint density at radius 1 is 1.13 bits per heavy atom. The molecule has 0 radical (unpaired) electrons. The minimum Gasteiger partial charge on any atom is -0.294 e. The van der Waals surface area contributed by atoms with Crippen LogP contribution in [0.25, 0.3) is 0 Å². The molecule has 1 unspecified atom stereocenters. The van der Waals surface area contributed by atoms with E-state index in [0.29, 0.717) is 0 Å². The van der Waals surface area contributed by atoms with Gasteiger partial charge in [-0.3, -0.25) is 9.78 Å². The van der Waals surface area contributed by atoms with Gasteiger partial charge in [-0.1, -0.05) is 50.1 Å². The third kappa shape index (κ3) is 4.51. The molecule has 0 spiro atoms. The number of unbranched alkanes of at least 4 members (excludes halogenated alkanes) is 1. The summed E-state index contributed by atoms with van der Waals surface area (Å²) in [4.78, 5) is 17.7. The fourth-order valence-corrected chi connectivity index (χ4v) is 3.28. The molecular formula is C21H27NO. The summed E-state index contributed by atoms with van der Waals surface area (Å²) in [6.07, 6.45) is 3.95. The number of aryl methyl sites for hydroxylation is 3. The molecule has 0 aliphatic rings. The second kappa shape index (κ2) is 8.05. The summed E-state index contributed by atoms with van der Waals surface area (Å²) in [6, 6.07) is 12.3. The number of hydrogen-bond acceptors (Lipinski definition) is 2. The maximum absolute atomic E-state index is 13.2. The number of Topliss-reactive ketones (excluding diaryl/α,β-unsaturated/α-hetero) is 1. The Labute approximate surface area is 140 Å². The molecule has 1 atom stereocenters. The largest absolute Gasteiger partial charge is 0.294 e. The van der Waals surface area contributed by atoms with Crippen molar-refractivity contribution in [1.29, 1.82) is 0 Å². The number of rotatable bonds is 7. The first kappa shape index (κ1) is 17.4. The van der Waals surface area contributed by atoms with Gasteiger partial charge in [-0.15, -0.1) is 0 Å². The summed E-state index contributed by atoms with van der Waals surface area (Å²) < 4.78 is 0. The smallest absolute Gasteiger partial charge is 0.168 e. The van der Waals surface area contributed by atoms with E-state index in [2.05, 4.69) is 24.0 Å². The number of carbonyl (C=O) groups excluding carboxylic acids is 1. The van der Waals surface area contributed by atoms with E-state index in [1.165, 1.54) is 5.56 Å². The quantitative estimate of drug-likeness (QED) is 0.655. The lowest BCUT2D eigenvalue weighted by Crippen LogP contribution is -2.20. The summed E-state index contributed by atoms with van der Waals surface area (Å²) in [5.74, 6) is 0.295. The van der Waals surface area contributed by atoms with Crippen molar-refractivity contribution in [2.45, 2.75) is 53.4 Å². The van der Waals surface area contributed by atoms with Crippen LogP contribution in [0.2, 0.25) is 0 Å². The normalized spacial score (nSPS) is 12.2. The van der Waals surface area contributed by atoms with E-state index in [9.17, 15) is 4.79 Å². The van der Waals surface area contributed by atoms with Crippen molar-refractivity contribution in [3.8, 4) is 0 Å². The van der Waals surface area contributed by atoms with Crippen LogP contribution in [-0.4, -0.2) is 10.8 Å². The molecule has 1 heterocycles. The number of benzene rings is 1. The summed E-state index contributed by atoms with van der Waals surface area (Å²) >= 11 is 0. The number of hydrogen-bond donors (Lipinski definition) is 0. The van der Waals surface area contributed by atoms with Crippen molar-refractivity contribution in [2.24, 2.45) is 5.92 Å². The number of ketones is 1. The van der Waals surface area contributed by atoms with Gasteiger partial charge in [0, 0.05) is 22.9 Å². The highest BCUT2D eigenvalue weighted by Gasteiger charge is 2.23. The van der Waals surface area contributed by atoms with Crippen molar-refractivity contribution in [2.75, 3.05) is 0 Å². The maximum Gasteiger partial charge on any atom is 0.168 e. The van der Waals surface area contributed by atoms with Crippen LogP contribution in [0, 0.1) is 26.7 Å². The molecule has 122 valence electrons. The summed E-state index contributed by atoms with van der Waals surface area (Å²) in [5, 5.41) is 0. The van der Waals surface area contributed by atoms with Crippen molar-refractivity contribution in [1.82, 2.24) is 4.98 Å². The van der Waals surface area contributed by atoms with Gasteiger partial charge in [0.15, 0.2) is 5.78 Å². The lowest BCUT2D eigenvalue weighted by Gasteiger charge is -2.18. The predicted molar refractivity (Wildman–Crippen MR) is 95.9 cm³/mol. The first-order valence-electron chi connectivity index (χ1n) is 8.56. The second-order valence-corrected chi connectivity index (χ2v) is 6.43. The van der Waals surface area contributed by atoms with Gasteiger partial charge >= 0.3 is 0 Å². The molecule has 0 aliphatic carbocycles. The van der Waals surface area contributed by atoms with Crippen LogP contribution in [-0.2, 0) is 6.42 Å². The first-order valence-corrected chi connectivity index (χ1v) is 8.56. The zero-order chi connectivity index (χ0) is 16.8. The van der Waals surface area contributed by atoms with Gasteiger partial charge in [-0.2, -0.15) is 0 Å². The molecule has 2 rings (SSSR count). The molecule has 0 saturated heterocycles. The van der Waals surface area contributed by atoms with E-state index in [4.69, 9.17) is 0 Å². The zero-order valence-electron chi connectivity index (χ0n) is 14.7. The van der Waals surface area contributed by atoms with Crippen molar-refractivity contribution in [3.63, 3.8) is 0 Å². The van der Waals surface area contributed by atoms with E-state index < -0.39 is 0 Å². The molecular weight excluding hydrogens is 282 g/mol. The van der Waals surface area contributed by atoms with Crippen LogP contribution in [0.5, 0.6) is 0 Å². The average molecular weight is 309 g/mol. The molecule has 0 amide bonds. The standard InChI is InChI=1S/C21H27NO/c1-5-6-12-19(14-18-10-8-7-9-11-18)21(23)20-15(2)13-16(3)22-17(20)4/h7-11,13,19H,5-6,12,14H2,1-4H3. The molecule has 2 heteroatoms. The van der Waals surface area contributed by atoms with Gasteiger partial charge in [0.2, 0.25) is 0 Å². The van der Waals surface area contributed by atoms with Crippen LogP contribution in [0.1, 0.15) is 59.1 Å². The molecule has 2 aromatic rings. The van der Waals surface area contributed by atoms with E-state index >= 15 is 0 Å². The number of pyridine rings is 1. The molecule has 1 aromatic carbocycles. The third-order valence-corrected chi connectivity index (χ3v) is 4.37. The Balaban J connectivity index is 2.30. The molecule has 2 nitrogen and oxygen atoms in total. The van der Waals surface area contributed by atoms with Crippen LogP contribution >= 0.6 is 0 Å². The number of carbonyl (C=O) groups is 1. The monoisotopic (exact) mass is 309 g/mol. The summed E-state index contributed by atoms with van der Waals surface area (Å²) in [6.45, 7) is 8.13. The topological polar surface area (TPSA) is 30.0 Å². The predicted octanol–water partition coefficient (Wildman–Crippen LogP) is 5.24. The van der Waals surface area contributed by atoms with Gasteiger partial charge in [0.25, 0.3) is 0 Å². The van der Waals surface area contributed by atoms with Gasteiger partial charge < -0.3 is 0 Å². The molecule has 0 saturated carbocycles. The zero-order valence-corrected chi connectivity index (χ0v) is 14.7. The minimum atomic E-state index is 0.0410. The van der Waals surface area contributed by atoms with E-state index in [1.54, 1.807) is 0 Å². The third-order valence-electron chi connectivity index (χ3n) is 4.37. The van der Waals surface area contributed by atoms with Gasteiger partial charge in [0.05, 0.1) is 0 Å². The van der Waals surface area contributed by atoms with Crippen LogP contribution in [0.4, 0.5) is 0 Å². The SMILES string of the molecule is CCCCC(Cc1ccccc1)C(=O)c1c(C)cc(C)nc1C. The lowest BCUT2D eigenvalue weighted by atomic mass is 9.85. The Kier molecular flexibility index (Phi) is 6.09. The molecule has 0 aliphatic heterocycles. The highest BCUT2D eigenvalue weighted by molar-refractivity contribution is 6.00. The van der Waals surface area contributed by atoms with Crippen LogP contribution in [0.3, 0.4) is 0 Å². The number of nitrogens with zero attached hydrogens (tertiary/aromatic N) is 1. The summed E-state index contributed by atoms with van der Waals surface area (Å²) in [7, 11) is 0. The van der Waals surface area contributed by atoms with Crippen molar-refractivity contribution >= 4 is 5.78 Å². The maximum atomic E-state index is 13.2. The van der Waals surface area contributed by atoms with Gasteiger partial charge in [0.1, 0.15) is 0 Å².